The van der Waals surface area contributed by atoms with Crippen LogP contribution in [-0.2, 0) is 17.8 Å². The van der Waals surface area contributed by atoms with E-state index in [0.717, 1.165) is 44.5 Å². The molecule has 1 aromatic carbocycles. The molecule has 2 N–H and O–H groups in total. The van der Waals surface area contributed by atoms with Gasteiger partial charge >= 0.3 is 0 Å². The molecule has 0 bridgehead atoms. The maximum atomic E-state index is 11.3. The van der Waals surface area contributed by atoms with Crippen LogP contribution in [0.2, 0.25) is 0 Å². The van der Waals surface area contributed by atoms with Crippen LogP contribution in [0, 0.1) is 5.92 Å². The van der Waals surface area contributed by atoms with Gasteiger partial charge in [-0.2, -0.15) is 0 Å². The fourth-order valence-electron chi connectivity index (χ4n) is 3.30. The molecule has 4 heteroatoms. The minimum absolute atomic E-state index is 0.0442. The Kier molecular flexibility index (Phi) is 5.26. The Balaban J connectivity index is 1.66. The molecule has 4 nitrogen and oxygen atoms in total. The van der Waals surface area contributed by atoms with Gasteiger partial charge in [0.05, 0.1) is 0 Å². The predicted octanol–water partition coefficient (Wildman–Crippen LogP) is 3.01. The molecule has 0 aliphatic carbocycles. The Morgan fingerprint density at radius 3 is 2.46 bits per heavy atom. The lowest BCUT2D eigenvalue weighted by Crippen LogP contribution is -2.38. The number of nitrogens with two attached hydrogens (primary N) is 1. The molecule has 1 saturated heterocycles. The summed E-state index contributed by atoms with van der Waals surface area (Å²) in [4.78, 5) is 18.0. The summed E-state index contributed by atoms with van der Waals surface area (Å²) in [6.07, 6.45) is 6.63. The highest BCUT2D eigenvalue weighted by atomic mass is 16.1. The van der Waals surface area contributed by atoms with Crippen molar-refractivity contribution in [3.05, 3.63) is 53.9 Å². The van der Waals surface area contributed by atoms with Crippen molar-refractivity contribution in [1.29, 1.82) is 0 Å². The fraction of sp³-hybridized carbons (Fsp3) is 0.400. The Morgan fingerprint density at radius 2 is 1.83 bits per heavy atom. The topological polar surface area (TPSA) is 59.2 Å². The van der Waals surface area contributed by atoms with Gasteiger partial charge in [-0.25, -0.2) is 0 Å². The molecule has 1 aliphatic heterocycles. The summed E-state index contributed by atoms with van der Waals surface area (Å²) < 4.78 is 0. The van der Waals surface area contributed by atoms with Gasteiger partial charge in [-0.1, -0.05) is 31.2 Å². The number of benzene rings is 1. The van der Waals surface area contributed by atoms with E-state index in [9.17, 15) is 4.79 Å². The third-order valence-electron chi connectivity index (χ3n) is 4.89. The first kappa shape index (κ1) is 16.7. The number of carbonyl (C=O) groups excluding carboxylic acids is 1. The number of aryl methyl sites for hydroxylation is 1. The van der Waals surface area contributed by atoms with Crippen LogP contribution < -0.4 is 5.73 Å². The highest BCUT2D eigenvalue weighted by molar-refractivity contribution is 5.76. The van der Waals surface area contributed by atoms with Crippen LogP contribution in [0.4, 0.5) is 0 Å². The summed E-state index contributed by atoms with van der Waals surface area (Å²) in [5.41, 5.74) is 10.3. The molecule has 1 aliphatic rings. The minimum atomic E-state index is -0.158. The molecule has 0 unspecified atom stereocenters. The molecular weight excluding hydrogens is 298 g/mol. The van der Waals surface area contributed by atoms with Gasteiger partial charge in [0.2, 0.25) is 5.91 Å². The highest BCUT2D eigenvalue weighted by Crippen LogP contribution is 2.22. The van der Waals surface area contributed by atoms with Gasteiger partial charge in [-0.3, -0.25) is 14.7 Å². The molecule has 1 aromatic heterocycles. The molecule has 3 rings (SSSR count). The van der Waals surface area contributed by atoms with Crippen molar-refractivity contribution in [3.63, 3.8) is 0 Å². The van der Waals surface area contributed by atoms with E-state index in [1.807, 2.05) is 12.4 Å². The Labute approximate surface area is 143 Å². The van der Waals surface area contributed by atoms with Crippen molar-refractivity contribution >= 4 is 5.91 Å². The number of hydrogen-bond acceptors (Lipinski definition) is 3. The lowest BCUT2D eigenvalue weighted by Gasteiger charge is -2.30. The van der Waals surface area contributed by atoms with Gasteiger partial charge in [0.1, 0.15) is 0 Å². The number of pyridine rings is 1. The van der Waals surface area contributed by atoms with Gasteiger partial charge in [-0.15, -0.1) is 0 Å². The van der Waals surface area contributed by atoms with Crippen LogP contribution in [0.15, 0.2) is 42.7 Å². The number of hydrogen-bond donors (Lipinski definition) is 1. The Morgan fingerprint density at radius 1 is 1.12 bits per heavy atom. The third-order valence-corrected chi connectivity index (χ3v) is 4.89. The third kappa shape index (κ3) is 4.01. The quantitative estimate of drug-likeness (QED) is 0.920. The summed E-state index contributed by atoms with van der Waals surface area (Å²) in [5.74, 6) is -0.114. The van der Waals surface area contributed by atoms with E-state index in [0.29, 0.717) is 0 Å². The summed E-state index contributed by atoms with van der Waals surface area (Å²) >= 11 is 0. The second-order valence-corrected chi connectivity index (χ2v) is 6.59. The van der Waals surface area contributed by atoms with Crippen molar-refractivity contribution in [2.45, 2.75) is 32.7 Å². The average Bonchev–Trinajstić information content (AvgIpc) is 2.62. The first-order chi connectivity index (χ1) is 11.7. The molecule has 2 aromatic rings. The zero-order valence-corrected chi connectivity index (χ0v) is 14.2. The summed E-state index contributed by atoms with van der Waals surface area (Å²) in [6.45, 7) is 4.88. The van der Waals surface area contributed by atoms with E-state index < -0.39 is 0 Å². The molecule has 0 spiro atoms. The van der Waals surface area contributed by atoms with E-state index >= 15 is 0 Å². The lowest BCUT2D eigenvalue weighted by atomic mass is 9.96. The SMILES string of the molecule is CCc1ccc(-c2cncc(CN3CCC(C(N)=O)CC3)c2)cc1. The maximum Gasteiger partial charge on any atom is 0.220 e. The fourth-order valence-corrected chi connectivity index (χ4v) is 3.30. The van der Waals surface area contributed by atoms with Crippen molar-refractivity contribution in [1.82, 2.24) is 9.88 Å². The molecule has 1 fully saturated rings. The number of nitrogens with zero attached hydrogens (tertiary/aromatic N) is 2. The zero-order valence-electron chi connectivity index (χ0n) is 14.2. The van der Waals surface area contributed by atoms with E-state index in [2.05, 4.69) is 47.1 Å². The first-order valence-corrected chi connectivity index (χ1v) is 8.70. The number of likely N-dealkylation sites (tertiary alicyclic amines) is 1. The van der Waals surface area contributed by atoms with E-state index in [-0.39, 0.29) is 11.8 Å². The number of primary amides is 1. The molecule has 126 valence electrons. The minimum Gasteiger partial charge on any atom is -0.369 e. The monoisotopic (exact) mass is 323 g/mol. The standard InChI is InChI=1S/C20H25N3O/c1-2-15-3-5-17(6-4-15)19-11-16(12-22-13-19)14-23-9-7-18(8-10-23)20(21)24/h3-6,11-13,18H,2,7-10,14H2,1H3,(H2,21,24). The lowest BCUT2D eigenvalue weighted by molar-refractivity contribution is -0.123. The first-order valence-electron chi connectivity index (χ1n) is 8.70. The average molecular weight is 323 g/mol. The molecule has 2 heterocycles. The number of aromatic nitrogens is 1. The Hall–Kier alpha value is -2.20. The number of carbonyl (C=O) groups is 1. The van der Waals surface area contributed by atoms with Gasteiger partial charge < -0.3 is 5.73 Å². The van der Waals surface area contributed by atoms with Crippen molar-refractivity contribution in [2.75, 3.05) is 13.1 Å². The van der Waals surface area contributed by atoms with Gasteiger partial charge in [0.25, 0.3) is 0 Å². The van der Waals surface area contributed by atoms with Crippen LogP contribution >= 0.6 is 0 Å². The van der Waals surface area contributed by atoms with Gasteiger partial charge in [0, 0.05) is 30.4 Å². The second kappa shape index (κ2) is 7.58. The van der Waals surface area contributed by atoms with Crippen molar-refractivity contribution in [2.24, 2.45) is 11.7 Å². The normalized spacial score (nSPS) is 16.2. The van der Waals surface area contributed by atoms with Gasteiger partial charge in [0.15, 0.2) is 0 Å². The van der Waals surface area contributed by atoms with Crippen LogP contribution in [0.25, 0.3) is 11.1 Å². The maximum absolute atomic E-state index is 11.3. The largest absolute Gasteiger partial charge is 0.369 e. The number of amides is 1. The molecule has 0 radical (unpaired) electrons. The molecule has 0 atom stereocenters. The smallest absolute Gasteiger partial charge is 0.220 e. The van der Waals surface area contributed by atoms with Crippen LogP contribution in [-0.4, -0.2) is 28.9 Å². The van der Waals surface area contributed by atoms with Gasteiger partial charge in [-0.05, 0) is 55.1 Å². The number of rotatable bonds is 5. The number of piperidine rings is 1. The van der Waals surface area contributed by atoms with Crippen LogP contribution in [0.5, 0.6) is 0 Å². The van der Waals surface area contributed by atoms with E-state index in [1.165, 1.54) is 16.7 Å². The van der Waals surface area contributed by atoms with E-state index in [1.54, 1.807) is 0 Å². The zero-order chi connectivity index (χ0) is 16.9. The summed E-state index contributed by atoms with van der Waals surface area (Å²) in [6, 6.07) is 10.9. The molecule has 0 saturated carbocycles. The molecular formula is C20H25N3O. The molecule has 1 amide bonds. The Bertz CT molecular complexity index is 688. The highest BCUT2D eigenvalue weighted by Gasteiger charge is 2.23. The molecule has 24 heavy (non-hydrogen) atoms. The van der Waals surface area contributed by atoms with Crippen LogP contribution in [0.1, 0.15) is 30.9 Å². The van der Waals surface area contributed by atoms with Crippen LogP contribution in [0.3, 0.4) is 0 Å². The van der Waals surface area contributed by atoms with E-state index in [4.69, 9.17) is 5.73 Å². The predicted molar refractivity (Wildman–Crippen MR) is 96.2 cm³/mol. The van der Waals surface area contributed by atoms with Crippen molar-refractivity contribution in [3.8, 4) is 11.1 Å². The summed E-state index contributed by atoms with van der Waals surface area (Å²) in [5, 5.41) is 0. The van der Waals surface area contributed by atoms with Crippen molar-refractivity contribution < 1.29 is 4.79 Å². The summed E-state index contributed by atoms with van der Waals surface area (Å²) in [7, 11) is 0. The second-order valence-electron chi connectivity index (χ2n) is 6.59.